The molecule has 0 saturated heterocycles. The van der Waals surface area contributed by atoms with Gasteiger partial charge in [-0.2, -0.15) is 23.4 Å². The lowest BCUT2D eigenvalue weighted by Crippen LogP contribution is -2.18. The zero-order valence-corrected chi connectivity index (χ0v) is 26.1. The second-order valence-corrected chi connectivity index (χ2v) is 13.2. The molecule has 1 saturated carbocycles. The molecule has 2 aliphatic rings. The van der Waals surface area contributed by atoms with Crippen LogP contribution in [0.3, 0.4) is 0 Å². The maximum Gasteiger partial charge on any atom is 0.421 e. The lowest BCUT2D eigenvalue weighted by Gasteiger charge is -2.28. The minimum Gasteiger partial charge on any atom is -0.495 e. The molecule has 248 valence electrons. The predicted molar refractivity (Wildman–Crippen MR) is 163 cm³/mol. The summed E-state index contributed by atoms with van der Waals surface area (Å²) in [6.07, 6.45) is -1.36. The summed E-state index contributed by atoms with van der Waals surface area (Å²) in [6.45, 7) is 0.324. The van der Waals surface area contributed by atoms with Crippen molar-refractivity contribution in [2.75, 3.05) is 24.8 Å². The lowest BCUT2D eigenvalue weighted by atomic mass is 9.76. The summed E-state index contributed by atoms with van der Waals surface area (Å²) in [7, 11) is -1.37. The normalized spacial score (nSPS) is 18.3. The zero-order chi connectivity index (χ0) is 33.5. The van der Waals surface area contributed by atoms with Crippen molar-refractivity contribution in [2.45, 2.75) is 56.4 Å². The van der Waals surface area contributed by atoms with Crippen LogP contribution in [0.2, 0.25) is 0 Å². The fraction of sp³-hybridized carbons (Fsp3) is 0.379. The van der Waals surface area contributed by atoms with Gasteiger partial charge in [-0.1, -0.05) is 17.3 Å². The fourth-order valence-electron chi connectivity index (χ4n) is 6.24. The number of H-pyrrole nitrogens is 1. The van der Waals surface area contributed by atoms with Gasteiger partial charge in [-0.3, -0.25) is 9.36 Å². The maximum absolute atomic E-state index is 14.1. The fourth-order valence-corrected chi connectivity index (χ4v) is 6.91. The van der Waals surface area contributed by atoms with Crippen molar-refractivity contribution in [3.63, 3.8) is 0 Å². The van der Waals surface area contributed by atoms with Gasteiger partial charge >= 0.3 is 13.8 Å². The van der Waals surface area contributed by atoms with Crippen LogP contribution in [-0.2, 0) is 23.4 Å². The van der Waals surface area contributed by atoms with Crippen molar-refractivity contribution < 1.29 is 37.1 Å². The summed E-state index contributed by atoms with van der Waals surface area (Å²) >= 11 is 0. The molecule has 18 heteroatoms. The Morgan fingerprint density at radius 3 is 2.47 bits per heavy atom. The van der Waals surface area contributed by atoms with Crippen molar-refractivity contribution in [3.8, 4) is 5.75 Å². The number of tetrazole rings is 1. The van der Waals surface area contributed by atoms with E-state index >= 15 is 0 Å². The number of halogens is 3. The van der Waals surface area contributed by atoms with Gasteiger partial charge in [0.1, 0.15) is 17.1 Å². The number of fused-ring (bicyclic) bond motifs is 1. The highest BCUT2D eigenvalue weighted by molar-refractivity contribution is 7.50. The molecule has 47 heavy (non-hydrogen) atoms. The number of rotatable bonds is 9. The average molecular weight is 674 g/mol. The molecule has 1 fully saturated rings. The number of alkyl halides is 3. The number of carbonyl (C=O) groups excluding carboxylic acids is 1. The number of aromatic nitrogens is 6. The third-order valence-corrected chi connectivity index (χ3v) is 9.22. The predicted octanol–water partition coefficient (Wildman–Crippen LogP) is 5.21. The third kappa shape index (κ3) is 6.92. The van der Waals surface area contributed by atoms with Gasteiger partial charge in [0.05, 0.1) is 30.2 Å². The van der Waals surface area contributed by atoms with Crippen molar-refractivity contribution in [1.29, 1.82) is 0 Å². The first-order valence-corrected chi connectivity index (χ1v) is 16.4. The number of hydrogen-bond donors (Lipinski definition) is 5. The SMILES string of the molecule is COc1cc(CP(=O)(O)O)ccc1Nc1ncc(C(F)(F)F)c(Nc2ccc(C3CCC(c4nn[nH]n4)CC3)c3c2C(=O)N(C)C3)n1. The Morgan fingerprint density at radius 2 is 1.81 bits per heavy atom. The summed E-state index contributed by atoms with van der Waals surface area (Å²) in [5.41, 5.74) is 1.66. The Hall–Kier alpha value is -4.60. The number of methoxy groups -OCH3 is 1. The summed E-state index contributed by atoms with van der Waals surface area (Å²) in [4.78, 5) is 41.5. The molecule has 14 nitrogen and oxygen atoms in total. The summed E-state index contributed by atoms with van der Waals surface area (Å²) < 4.78 is 59.2. The van der Waals surface area contributed by atoms with Crippen LogP contribution in [-0.4, -0.2) is 65.3 Å². The molecule has 1 amide bonds. The van der Waals surface area contributed by atoms with Crippen molar-refractivity contribution in [1.82, 2.24) is 35.5 Å². The summed E-state index contributed by atoms with van der Waals surface area (Å²) in [5, 5.41) is 19.9. The molecule has 0 atom stereocenters. The van der Waals surface area contributed by atoms with Gasteiger partial charge in [-0.25, -0.2) is 4.98 Å². The molecular formula is C29H31F3N9O5P. The number of aromatic amines is 1. The standard InChI is InChI=1S/C29H31F3N9O5P/c1-41-13-19-18(16-4-6-17(7-5-16)25-37-39-40-38-25)8-10-22(24(19)27(41)42)34-26-20(29(30,31)32)12-33-28(36-26)35-21-9-3-15(11-23(21)46-2)14-47(43,44)45/h3,8-12,16-17H,4-7,13-14H2,1-2H3,(H2,43,44,45)(H2,33,34,35,36)(H,37,38,39,40). The Morgan fingerprint density at radius 1 is 1.09 bits per heavy atom. The van der Waals surface area contributed by atoms with Crippen LogP contribution in [0.25, 0.3) is 0 Å². The van der Waals surface area contributed by atoms with E-state index in [0.717, 1.165) is 36.8 Å². The minimum atomic E-state index is -4.82. The van der Waals surface area contributed by atoms with E-state index in [9.17, 15) is 32.3 Å². The largest absolute Gasteiger partial charge is 0.495 e. The molecule has 5 N–H and O–H groups in total. The summed E-state index contributed by atoms with van der Waals surface area (Å²) in [6, 6.07) is 7.78. The molecule has 0 spiro atoms. The Bertz CT molecular complexity index is 1840. The number of amides is 1. The van der Waals surface area contributed by atoms with Crippen molar-refractivity contribution >= 4 is 36.6 Å². The van der Waals surface area contributed by atoms with Gasteiger partial charge < -0.3 is 30.1 Å². The van der Waals surface area contributed by atoms with E-state index in [1.807, 2.05) is 6.07 Å². The number of nitrogens with zero attached hydrogens (tertiary/aromatic N) is 6. The highest BCUT2D eigenvalue weighted by Gasteiger charge is 2.38. The monoisotopic (exact) mass is 673 g/mol. The van der Waals surface area contributed by atoms with Gasteiger partial charge in [0, 0.05) is 25.7 Å². The molecular weight excluding hydrogens is 642 g/mol. The highest BCUT2D eigenvalue weighted by Crippen LogP contribution is 2.45. The molecule has 0 bridgehead atoms. The molecule has 0 radical (unpaired) electrons. The molecule has 4 aromatic rings. The number of carbonyl (C=O) groups is 1. The Labute approximate surface area is 266 Å². The van der Waals surface area contributed by atoms with E-state index in [1.54, 1.807) is 13.1 Å². The van der Waals surface area contributed by atoms with Crippen LogP contribution in [0.5, 0.6) is 5.75 Å². The van der Waals surface area contributed by atoms with Crippen LogP contribution in [0.4, 0.5) is 36.3 Å². The third-order valence-electron chi connectivity index (χ3n) is 8.45. The minimum absolute atomic E-state index is 0.156. The molecule has 2 aromatic heterocycles. The molecule has 0 unspecified atom stereocenters. The Balaban J connectivity index is 1.30. The quantitative estimate of drug-likeness (QED) is 0.146. The first-order valence-electron chi connectivity index (χ1n) is 14.6. The lowest BCUT2D eigenvalue weighted by molar-refractivity contribution is -0.137. The second kappa shape index (κ2) is 12.5. The average Bonchev–Trinajstić information content (AvgIpc) is 3.66. The van der Waals surface area contributed by atoms with Gasteiger partial charge in [0.15, 0.2) is 5.82 Å². The van der Waals surface area contributed by atoms with E-state index in [0.29, 0.717) is 29.7 Å². The first kappa shape index (κ1) is 32.3. The first-order chi connectivity index (χ1) is 22.3. The van der Waals surface area contributed by atoms with Crippen molar-refractivity contribution in [2.24, 2.45) is 0 Å². The topological polar surface area (TPSA) is 191 Å². The van der Waals surface area contributed by atoms with Crippen LogP contribution in [0.15, 0.2) is 36.5 Å². The van der Waals surface area contributed by atoms with E-state index in [1.165, 1.54) is 30.2 Å². The van der Waals surface area contributed by atoms with Gasteiger partial charge in [0.2, 0.25) is 5.95 Å². The van der Waals surface area contributed by atoms with E-state index in [2.05, 4.69) is 41.2 Å². The molecule has 1 aliphatic carbocycles. The maximum atomic E-state index is 14.1. The van der Waals surface area contributed by atoms with E-state index < -0.39 is 31.3 Å². The van der Waals surface area contributed by atoms with Crippen molar-refractivity contribution in [3.05, 3.63) is 70.2 Å². The number of benzene rings is 2. The van der Waals surface area contributed by atoms with Crippen LogP contribution < -0.4 is 15.4 Å². The van der Waals surface area contributed by atoms with Gasteiger partial charge in [-0.15, -0.1) is 10.2 Å². The second-order valence-electron chi connectivity index (χ2n) is 11.6. The number of hydrogen-bond acceptors (Lipinski definition) is 10. The number of nitrogens with one attached hydrogen (secondary N) is 3. The smallest absolute Gasteiger partial charge is 0.421 e. The molecule has 1 aliphatic heterocycles. The van der Waals surface area contributed by atoms with E-state index in [-0.39, 0.29) is 40.8 Å². The number of ether oxygens (including phenoxy) is 1. The van der Waals surface area contributed by atoms with Gasteiger partial charge in [0.25, 0.3) is 5.91 Å². The Kier molecular flexibility index (Phi) is 8.63. The van der Waals surface area contributed by atoms with E-state index in [4.69, 9.17) is 4.74 Å². The highest BCUT2D eigenvalue weighted by atomic mass is 31.2. The van der Waals surface area contributed by atoms with Crippen LogP contribution in [0.1, 0.15) is 76.0 Å². The summed E-state index contributed by atoms with van der Waals surface area (Å²) in [5.74, 6) is 0.0960. The van der Waals surface area contributed by atoms with Gasteiger partial charge in [-0.05, 0) is 66.5 Å². The molecule has 2 aromatic carbocycles. The van der Waals surface area contributed by atoms with Crippen LogP contribution in [0, 0.1) is 0 Å². The zero-order valence-electron chi connectivity index (χ0n) is 25.2. The molecule has 6 rings (SSSR count). The molecule has 3 heterocycles. The van der Waals surface area contributed by atoms with Crippen LogP contribution >= 0.6 is 7.60 Å². The number of anilines is 4.